The highest BCUT2D eigenvalue weighted by Gasteiger charge is 2.09. The second-order valence-electron chi connectivity index (χ2n) is 7.48. The Labute approximate surface area is 196 Å². The third-order valence-electron chi connectivity index (χ3n) is 5.07. The van der Waals surface area contributed by atoms with Crippen LogP contribution < -0.4 is 10.7 Å². The topological polar surface area (TPSA) is 58.4 Å². The van der Waals surface area contributed by atoms with Crippen LogP contribution in [0.2, 0.25) is 10.0 Å². The lowest BCUT2D eigenvalue weighted by Crippen LogP contribution is -2.25. The summed E-state index contributed by atoms with van der Waals surface area (Å²) in [5, 5.41) is 9.49. The first-order chi connectivity index (χ1) is 15.5. The van der Waals surface area contributed by atoms with E-state index in [1.165, 1.54) is 5.56 Å². The number of rotatable bonds is 7. The molecule has 0 atom stereocenters. The first-order valence-electron chi connectivity index (χ1n) is 10.1. The van der Waals surface area contributed by atoms with E-state index in [9.17, 15) is 4.79 Å². The summed E-state index contributed by atoms with van der Waals surface area (Å²) < 4.78 is 2.10. The number of halogens is 2. The van der Waals surface area contributed by atoms with Gasteiger partial charge in [0.2, 0.25) is 0 Å². The number of aryl methyl sites for hydroxylation is 1. The molecule has 32 heavy (non-hydrogen) atoms. The van der Waals surface area contributed by atoms with E-state index in [1.807, 2.05) is 73.8 Å². The van der Waals surface area contributed by atoms with Gasteiger partial charge in [-0.2, -0.15) is 5.10 Å². The molecular weight excluding hydrogens is 443 g/mol. The number of hydrogen-bond donors (Lipinski definition) is 2. The molecule has 0 aliphatic heterocycles. The number of nitrogens with zero attached hydrogens (tertiary/aromatic N) is 2. The second-order valence-corrected chi connectivity index (χ2v) is 8.32. The molecule has 0 radical (unpaired) electrons. The fourth-order valence-corrected chi connectivity index (χ4v) is 3.88. The van der Waals surface area contributed by atoms with Crippen LogP contribution in [-0.2, 0) is 11.3 Å². The fraction of sp³-hybridized carbons (Fsp3) is 0.120. The van der Waals surface area contributed by atoms with Gasteiger partial charge >= 0.3 is 0 Å². The summed E-state index contributed by atoms with van der Waals surface area (Å²) >= 11 is 12.4. The van der Waals surface area contributed by atoms with Crippen LogP contribution in [0.4, 0.5) is 5.69 Å². The van der Waals surface area contributed by atoms with Gasteiger partial charge in [-0.3, -0.25) is 4.79 Å². The molecule has 0 aliphatic rings. The number of amides is 1. The minimum absolute atomic E-state index is 0.136. The molecule has 0 saturated carbocycles. The van der Waals surface area contributed by atoms with Gasteiger partial charge in [0.15, 0.2) is 0 Å². The lowest BCUT2D eigenvalue weighted by atomic mass is 10.2. The van der Waals surface area contributed by atoms with Crippen LogP contribution in [0, 0.1) is 6.92 Å². The molecule has 3 aromatic carbocycles. The van der Waals surface area contributed by atoms with E-state index in [1.54, 1.807) is 12.3 Å². The van der Waals surface area contributed by atoms with Gasteiger partial charge < -0.3 is 9.88 Å². The molecule has 0 aliphatic carbocycles. The maximum absolute atomic E-state index is 12.1. The molecule has 1 heterocycles. The van der Waals surface area contributed by atoms with E-state index in [2.05, 4.69) is 20.4 Å². The smallest absolute Gasteiger partial charge is 0.259 e. The average molecular weight is 465 g/mol. The van der Waals surface area contributed by atoms with Crippen molar-refractivity contribution in [3.05, 3.63) is 99.7 Å². The molecule has 162 valence electrons. The molecule has 0 unspecified atom stereocenters. The van der Waals surface area contributed by atoms with Gasteiger partial charge in [-0.05, 0) is 42.8 Å². The normalized spacial score (nSPS) is 11.2. The Morgan fingerprint density at radius 1 is 1.06 bits per heavy atom. The zero-order valence-electron chi connectivity index (χ0n) is 17.5. The predicted octanol–water partition coefficient (Wildman–Crippen LogP) is 5.87. The van der Waals surface area contributed by atoms with E-state index in [4.69, 9.17) is 23.2 Å². The number of anilines is 1. The molecule has 5 nitrogen and oxygen atoms in total. The van der Waals surface area contributed by atoms with Gasteiger partial charge in [0.05, 0.1) is 12.8 Å². The predicted molar refractivity (Wildman–Crippen MR) is 133 cm³/mol. The number of carbonyl (C=O) groups is 1. The van der Waals surface area contributed by atoms with Crippen molar-refractivity contribution in [2.45, 2.75) is 13.5 Å². The Kier molecular flexibility index (Phi) is 6.78. The lowest BCUT2D eigenvalue weighted by Gasteiger charge is -2.08. The maximum Gasteiger partial charge on any atom is 0.259 e. The van der Waals surface area contributed by atoms with Crippen molar-refractivity contribution in [2.24, 2.45) is 5.10 Å². The summed E-state index contributed by atoms with van der Waals surface area (Å²) in [5.74, 6) is -0.224. The van der Waals surface area contributed by atoms with Crippen molar-refractivity contribution < 1.29 is 4.79 Å². The summed E-state index contributed by atoms with van der Waals surface area (Å²) in [4.78, 5) is 12.1. The van der Waals surface area contributed by atoms with Crippen LogP contribution in [0.25, 0.3) is 10.9 Å². The van der Waals surface area contributed by atoms with Crippen LogP contribution in [0.1, 0.15) is 16.7 Å². The third-order valence-corrected chi connectivity index (χ3v) is 5.66. The lowest BCUT2D eigenvalue weighted by molar-refractivity contribution is -0.119. The molecule has 0 fully saturated rings. The van der Waals surface area contributed by atoms with Crippen molar-refractivity contribution in [2.75, 3.05) is 11.9 Å². The zero-order valence-corrected chi connectivity index (χ0v) is 19.0. The quantitative estimate of drug-likeness (QED) is 0.265. The van der Waals surface area contributed by atoms with Gasteiger partial charge in [0.1, 0.15) is 0 Å². The summed E-state index contributed by atoms with van der Waals surface area (Å²) in [7, 11) is 0. The van der Waals surface area contributed by atoms with E-state index in [-0.39, 0.29) is 12.5 Å². The van der Waals surface area contributed by atoms with Crippen LogP contribution >= 0.6 is 23.2 Å². The van der Waals surface area contributed by atoms with Crippen LogP contribution in [0.15, 0.2) is 78.0 Å². The Bertz CT molecular complexity index is 1280. The first-order valence-corrected chi connectivity index (χ1v) is 10.9. The highest BCUT2D eigenvalue weighted by atomic mass is 35.5. The number of carbonyl (C=O) groups excluding carboxylic acids is 1. The fourth-order valence-electron chi connectivity index (χ4n) is 3.41. The molecule has 1 amide bonds. The van der Waals surface area contributed by atoms with Gasteiger partial charge in [-0.1, -0.05) is 65.2 Å². The van der Waals surface area contributed by atoms with Crippen molar-refractivity contribution >= 4 is 51.9 Å². The van der Waals surface area contributed by atoms with E-state index in [0.717, 1.165) is 27.7 Å². The standard InChI is InChI=1S/C25H22Cl2N4O/c1-17-6-10-21(11-7-17)28-14-25(32)30-29-13-19-16-31(24-5-3-2-4-22(19)24)15-18-8-9-20(26)12-23(18)27/h2-13,16,28H,14-15H2,1H3,(H,30,32)/b29-13-. The third kappa shape index (κ3) is 5.31. The van der Waals surface area contributed by atoms with E-state index in [0.29, 0.717) is 16.6 Å². The summed E-state index contributed by atoms with van der Waals surface area (Å²) in [6, 6.07) is 21.4. The Morgan fingerprint density at radius 3 is 2.62 bits per heavy atom. The summed E-state index contributed by atoms with van der Waals surface area (Å²) in [6.45, 7) is 2.75. The number of para-hydroxylation sites is 1. The maximum atomic E-state index is 12.1. The van der Waals surface area contributed by atoms with Crippen LogP contribution in [-0.4, -0.2) is 23.2 Å². The largest absolute Gasteiger partial charge is 0.376 e. The molecule has 4 aromatic rings. The van der Waals surface area contributed by atoms with Crippen molar-refractivity contribution in [3.8, 4) is 0 Å². The minimum Gasteiger partial charge on any atom is -0.376 e. The van der Waals surface area contributed by atoms with Gasteiger partial charge in [0, 0.05) is 44.9 Å². The monoisotopic (exact) mass is 464 g/mol. The Morgan fingerprint density at radius 2 is 1.84 bits per heavy atom. The molecule has 0 bridgehead atoms. The minimum atomic E-state index is -0.224. The van der Waals surface area contributed by atoms with Crippen molar-refractivity contribution in [3.63, 3.8) is 0 Å². The van der Waals surface area contributed by atoms with Gasteiger partial charge in [-0.25, -0.2) is 5.43 Å². The first kappa shape index (κ1) is 21.9. The number of fused-ring (bicyclic) bond motifs is 1. The average Bonchev–Trinajstić information content (AvgIpc) is 3.13. The molecule has 4 rings (SSSR count). The second kappa shape index (κ2) is 9.90. The van der Waals surface area contributed by atoms with Crippen LogP contribution in [0.5, 0.6) is 0 Å². The zero-order chi connectivity index (χ0) is 22.5. The van der Waals surface area contributed by atoms with Crippen molar-refractivity contribution in [1.29, 1.82) is 0 Å². The number of nitrogens with one attached hydrogen (secondary N) is 2. The van der Waals surface area contributed by atoms with Gasteiger partial charge in [0.25, 0.3) is 5.91 Å². The Hall–Kier alpha value is -3.28. The SMILES string of the molecule is Cc1ccc(NCC(=O)N/N=C\c2cn(Cc3ccc(Cl)cc3Cl)c3ccccc23)cc1. The number of hydrogen-bond acceptors (Lipinski definition) is 3. The van der Waals surface area contributed by atoms with E-state index < -0.39 is 0 Å². The molecule has 0 spiro atoms. The Balaban J connectivity index is 1.45. The molecule has 7 heteroatoms. The molecule has 0 saturated heterocycles. The number of aromatic nitrogens is 1. The number of hydrazone groups is 1. The van der Waals surface area contributed by atoms with Crippen molar-refractivity contribution in [1.82, 2.24) is 9.99 Å². The van der Waals surface area contributed by atoms with E-state index >= 15 is 0 Å². The van der Waals surface area contributed by atoms with Gasteiger partial charge in [-0.15, -0.1) is 0 Å². The number of benzene rings is 3. The highest BCUT2D eigenvalue weighted by molar-refractivity contribution is 6.35. The summed E-state index contributed by atoms with van der Waals surface area (Å²) in [5.41, 5.74) is 7.55. The molecule has 2 N–H and O–H groups in total. The highest BCUT2D eigenvalue weighted by Crippen LogP contribution is 2.25. The molecular formula is C25H22Cl2N4O. The van der Waals surface area contributed by atoms with Crippen LogP contribution in [0.3, 0.4) is 0 Å². The summed E-state index contributed by atoms with van der Waals surface area (Å²) in [6.07, 6.45) is 3.65. The molecule has 1 aromatic heterocycles.